The Bertz CT molecular complexity index is 172. The predicted octanol–water partition coefficient (Wildman–Crippen LogP) is 4.88. The highest BCUT2D eigenvalue weighted by molar-refractivity contribution is 7.87. The van der Waals surface area contributed by atoms with Crippen LogP contribution >= 0.6 is 15.6 Å². The maximum Gasteiger partial charge on any atom is 0.146 e. The molecule has 92 valence electrons. The lowest BCUT2D eigenvalue weighted by Gasteiger charge is -2.29. The predicted molar refractivity (Wildman–Crippen MR) is 86.3 cm³/mol. The van der Waals surface area contributed by atoms with Crippen molar-refractivity contribution in [2.24, 2.45) is 0 Å². The molecule has 0 aliphatic carbocycles. The highest BCUT2D eigenvalue weighted by Crippen LogP contribution is 2.47. The summed E-state index contributed by atoms with van der Waals surface area (Å²) in [6.45, 7) is 24.0. The molecule has 0 aliphatic heterocycles. The first-order chi connectivity index (χ1) is 7.05. The summed E-state index contributed by atoms with van der Waals surface area (Å²) in [5.41, 5.74) is 0. The van der Waals surface area contributed by atoms with Gasteiger partial charge in [-0.25, -0.2) is 0 Å². The highest BCUT2D eigenvalue weighted by Gasteiger charge is 2.21. The van der Waals surface area contributed by atoms with Crippen LogP contribution in [-0.4, -0.2) is 37.6 Å². The van der Waals surface area contributed by atoms with E-state index in [2.05, 4.69) is 68.9 Å². The van der Waals surface area contributed by atoms with E-state index >= 15 is 0 Å². The third-order valence-corrected chi connectivity index (χ3v) is 8.93. The van der Waals surface area contributed by atoms with Crippen LogP contribution < -0.4 is 0 Å². The van der Waals surface area contributed by atoms with Crippen molar-refractivity contribution in [3.8, 4) is 0 Å². The molecule has 0 fully saturated rings. The van der Waals surface area contributed by atoms with Crippen LogP contribution in [0.5, 0.6) is 0 Å². The molecule has 0 saturated carbocycles. The molecular weight excluding hydrogens is 228 g/mol. The van der Waals surface area contributed by atoms with Crippen molar-refractivity contribution in [1.82, 2.24) is 0 Å². The molecule has 4 heteroatoms. The van der Waals surface area contributed by atoms with Gasteiger partial charge in [0, 0.05) is 0 Å². The molecule has 0 aromatic carbocycles. The maximum absolute atomic E-state index is 2.55. The van der Waals surface area contributed by atoms with Gasteiger partial charge in [-0.1, -0.05) is 67.5 Å². The van der Waals surface area contributed by atoms with Gasteiger partial charge in [-0.2, -0.15) is 0 Å². The van der Waals surface area contributed by atoms with E-state index in [9.17, 15) is 0 Å². The zero-order valence-corrected chi connectivity index (χ0v) is 14.3. The Morgan fingerprint density at radius 3 is 1.12 bits per heavy atom. The van der Waals surface area contributed by atoms with Gasteiger partial charge in [0.2, 0.25) is 0 Å². The molecule has 0 rings (SSSR count). The van der Waals surface area contributed by atoms with Crippen molar-refractivity contribution in [2.45, 2.75) is 64.5 Å². The van der Waals surface area contributed by atoms with Crippen molar-refractivity contribution < 1.29 is 0 Å². The lowest BCUT2D eigenvalue weighted by atomic mass is 9.88. The van der Waals surface area contributed by atoms with Crippen LogP contribution in [0.15, 0.2) is 0 Å². The zero-order valence-electron chi connectivity index (χ0n) is 12.5. The van der Waals surface area contributed by atoms with Gasteiger partial charge >= 0.3 is 0 Å². The van der Waals surface area contributed by atoms with E-state index in [-0.39, 0.29) is 15.6 Å². The third-order valence-electron chi connectivity index (χ3n) is 3.09. The molecule has 2 unspecified atom stereocenters. The van der Waals surface area contributed by atoms with E-state index in [0.717, 1.165) is 0 Å². The third kappa shape index (κ3) is 7.34. The molecule has 0 aromatic heterocycles. The normalized spacial score (nSPS) is 16.8. The van der Waals surface area contributed by atoms with Crippen molar-refractivity contribution in [3.05, 3.63) is 0 Å². The Morgan fingerprint density at radius 2 is 0.938 bits per heavy atom. The molecule has 0 aliphatic rings. The zero-order chi connectivity index (χ0) is 13.0. The molecule has 0 saturated heterocycles. The van der Waals surface area contributed by atoms with E-state index in [4.69, 9.17) is 0 Å². The van der Waals surface area contributed by atoms with Gasteiger partial charge in [-0.15, -0.1) is 15.6 Å². The fourth-order valence-electron chi connectivity index (χ4n) is 1.08. The minimum absolute atomic E-state index is 0.0816. The van der Waals surface area contributed by atoms with E-state index < -0.39 is 0 Å². The lowest BCUT2D eigenvalue weighted by molar-refractivity contribution is 0.792. The maximum atomic E-state index is 2.55. The first-order valence-electron chi connectivity index (χ1n) is 6.17. The molecule has 0 bridgehead atoms. The summed E-state index contributed by atoms with van der Waals surface area (Å²) in [6.07, 6.45) is 2.53. The standard InChI is InChI=1S/C12H28B2P2/c1-11(2,3)15(7)13-9-10-14-16(8)12(4,5)6/h9-10H2,1-8H3. The monoisotopic (exact) mass is 256 g/mol. The van der Waals surface area contributed by atoms with E-state index in [1.807, 2.05) is 0 Å². The van der Waals surface area contributed by atoms with Gasteiger partial charge in [-0.3, -0.25) is 0 Å². The van der Waals surface area contributed by atoms with Crippen LogP contribution in [0.2, 0.25) is 12.6 Å². The first-order valence-corrected chi connectivity index (χ1v) is 9.89. The van der Waals surface area contributed by atoms with Crippen LogP contribution in [0.25, 0.3) is 0 Å². The summed E-state index contributed by atoms with van der Waals surface area (Å²) in [7, 11) is 0.163. The number of rotatable bonds is 5. The molecular formula is C12H28B2P2. The smallest absolute Gasteiger partial charge is 0.146 e. The van der Waals surface area contributed by atoms with Crippen LogP contribution in [-0.2, 0) is 0 Å². The minimum atomic E-state index is 0.0816. The van der Waals surface area contributed by atoms with Crippen LogP contribution in [0.1, 0.15) is 41.5 Å². The van der Waals surface area contributed by atoms with Gasteiger partial charge < -0.3 is 0 Å². The van der Waals surface area contributed by atoms with Gasteiger partial charge in [0.25, 0.3) is 0 Å². The summed E-state index contributed by atoms with van der Waals surface area (Å²) in [4.78, 5) is 0. The summed E-state index contributed by atoms with van der Waals surface area (Å²) in [5, 5.41) is 0.965. The SMILES string of the molecule is CP([B]CC[B]P(C)C(C)(C)C)C(C)(C)C. The van der Waals surface area contributed by atoms with Gasteiger partial charge in [0.15, 0.2) is 0 Å². The van der Waals surface area contributed by atoms with Crippen molar-refractivity contribution in [2.75, 3.05) is 13.3 Å². The fourth-order valence-corrected chi connectivity index (χ4v) is 3.25. The quantitative estimate of drug-likeness (QED) is 0.373. The second-order valence-corrected chi connectivity index (χ2v) is 12.4. The second-order valence-electron chi connectivity index (χ2n) is 6.51. The van der Waals surface area contributed by atoms with Crippen LogP contribution in [0.4, 0.5) is 0 Å². The van der Waals surface area contributed by atoms with Crippen molar-refractivity contribution in [3.63, 3.8) is 0 Å². The summed E-state index contributed by atoms with van der Waals surface area (Å²) in [5.74, 6) is 0. The number of hydrogen-bond acceptors (Lipinski definition) is 0. The Balaban J connectivity index is 3.70. The summed E-state index contributed by atoms with van der Waals surface area (Å²) in [6, 6.07) is 0. The molecule has 0 N–H and O–H groups in total. The molecule has 0 amide bonds. The lowest BCUT2D eigenvalue weighted by Crippen LogP contribution is -2.15. The summed E-state index contributed by atoms with van der Waals surface area (Å²) >= 11 is 0. The topological polar surface area (TPSA) is 0 Å². The Kier molecular flexibility index (Phi) is 7.22. The van der Waals surface area contributed by atoms with Gasteiger partial charge in [0.1, 0.15) is 14.0 Å². The molecule has 2 atom stereocenters. The average Bonchev–Trinajstić information content (AvgIpc) is 2.08. The largest absolute Gasteiger partial charge is 0.146 e. The number of hydrogen-bond donors (Lipinski definition) is 0. The van der Waals surface area contributed by atoms with E-state index in [0.29, 0.717) is 10.3 Å². The average molecular weight is 256 g/mol. The minimum Gasteiger partial charge on any atom is -0.146 e. The highest BCUT2D eigenvalue weighted by atomic mass is 31.1. The van der Waals surface area contributed by atoms with Gasteiger partial charge in [0.05, 0.1) is 0 Å². The molecule has 0 nitrogen and oxygen atoms in total. The fraction of sp³-hybridized carbons (Fsp3) is 1.00. The van der Waals surface area contributed by atoms with Crippen LogP contribution in [0, 0.1) is 0 Å². The Morgan fingerprint density at radius 1 is 0.688 bits per heavy atom. The molecule has 16 heavy (non-hydrogen) atoms. The Hall–Kier alpha value is 0.990. The van der Waals surface area contributed by atoms with E-state index in [1.165, 1.54) is 12.6 Å². The van der Waals surface area contributed by atoms with E-state index in [1.54, 1.807) is 0 Å². The second kappa shape index (κ2) is 6.80. The Labute approximate surface area is 108 Å². The van der Waals surface area contributed by atoms with Crippen LogP contribution in [0.3, 0.4) is 0 Å². The first kappa shape index (κ1) is 17.0. The molecule has 0 spiro atoms. The molecule has 0 aromatic rings. The summed E-state index contributed by atoms with van der Waals surface area (Å²) < 4.78 is 0. The van der Waals surface area contributed by atoms with Gasteiger partial charge in [-0.05, 0) is 10.3 Å². The molecule has 2 radical (unpaired) electrons. The van der Waals surface area contributed by atoms with Crippen molar-refractivity contribution in [1.29, 1.82) is 0 Å². The van der Waals surface area contributed by atoms with Crippen molar-refractivity contribution >= 4 is 29.6 Å². The molecule has 0 heterocycles.